The van der Waals surface area contributed by atoms with Gasteiger partial charge >= 0.3 is 5.97 Å². The Labute approximate surface area is 112 Å². The summed E-state index contributed by atoms with van der Waals surface area (Å²) in [5.41, 5.74) is 0. The highest BCUT2D eigenvalue weighted by Gasteiger charge is 2.30. The lowest BCUT2D eigenvalue weighted by atomic mass is 10.3. The highest BCUT2D eigenvalue weighted by atomic mass is 79.9. The molecule has 0 saturated heterocycles. The molecule has 0 aromatic heterocycles. The Bertz CT molecular complexity index is 174. The topological polar surface area (TPSA) is 26.3 Å². The standard InChI is InChI=1S/C12H26O2P.BrH/c1-5-14-12(13)10-9-11-15(6-2,7-3)8-4;/h5-11H2,1-4H3;1H/q+1;/p-1. The van der Waals surface area contributed by atoms with Crippen molar-refractivity contribution < 1.29 is 26.5 Å². The predicted molar refractivity (Wildman–Crippen MR) is 69.3 cm³/mol. The fraction of sp³-hybridized carbons (Fsp3) is 0.917. The molecule has 0 unspecified atom stereocenters. The van der Waals surface area contributed by atoms with Gasteiger partial charge in [-0.2, -0.15) is 0 Å². The minimum atomic E-state index is -0.722. The predicted octanol–water partition coefficient (Wildman–Crippen LogP) is 0.411. The van der Waals surface area contributed by atoms with Gasteiger partial charge in [-0.3, -0.25) is 4.79 Å². The van der Waals surface area contributed by atoms with Crippen LogP contribution in [0.5, 0.6) is 0 Å². The largest absolute Gasteiger partial charge is 1.00 e. The Morgan fingerprint density at radius 2 is 1.56 bits per heavy atom. The van der Waals surface area contributed by atoms with E-state index in [1.807, 2.05) is 6.92 Å². The van der Waals surface area contributed by atoms with Crippen molar-refractivity contribution in [3.63, 3.8) is 0 Å². The molecular weight excluding hydrogens is 287 g/mol. The van der Waals surface area contributed by atoms with E-state index < -0.39 is 7.26 Å². The van der Waals surface area contributed by atoms with Gasteiger partial charge in [0.1, 0.15) is 0 Å². The molecule has 16 heavy (non-hydrogen) atoms. The first kappa shape index (κ1) is 18.7. The summed E-state index contributed by atoms with van der Waals surface area (Å²) in [6, 6.07) is 0. The number of hydrogen-bond acceptors (Lipinski definition) is 2. The van der Waals surface area contributed by atoms with Crippen LogP contribution in [0, 0.1) is 0 Å². The average Bonchev–Trinajstić information content (AvgIpc) is 2.25. The Balaban J connectivity index is 0. The second kappa shape index (κ2) is 10.5. The minimum Gasteiger partial charge on any atom is -1.00 e. The summed E-state index contributed by atoms with van der Waals surface area (Å²) in [7, 11) is -0.722. The van der Waals surface area contributed by atoms with E-state index in [-0.39, 0.29) is 23.0 Å². The molecule has 4 heteroatoms. The van der Waals surface area contributed by atoms with E-state index >= 15 is 0 Å². The molecule has 98 valence electrons. The molecule has 2 nitrogen and oxygen atoms in total. The second-order valence-corrected chi connectivity index (χ2v) is 8.95. The Morgan fingerprint density at radius 3 is 1.94 bits per heavy atom. The van der Waals surface area contributed by atoms with Crippen LogP contribution in [-0.4, -0.2) is 37.2 Å². The second-order valence-electron chi connectivity index (χ2n) is 3.92. The van der Waals surface area contributed by atoms with Crippen molar-refractivity contribution in [3.05, 3.63) is 0 Å². The molecule has 0 saturated carbocycles. The lowest BCUT2D eigenvalue weighted by Crippen LogP contribution is -3.00. The number of halogens is 1. The maximum absolute atomic E-state index is 11.2. The first-order valence-corrected chi connectivity index (χ1v) is 8.67. The number of carbonyl (C=O) groups is 1. The first-order valence-electron chi connectivity index (χ1n) is 6.14. The van der Waals surface area contributed by atoms with Crippen molar-refractivity contribution in [1.82, 2.24) is 0 Å². The van der Waals surface area contributed by atoms with Gasteiger partial charge in [-0.25, -0.2) is 0 Å². The van der Waals surface area contributed by atoms with Gasteiger partial charge in [-0.1, -0.05) is 0 Å². The van der Waals surface area contributed by atoms with Gasteiger partial charge in [-0.05, 0) is 34.1 Å². The third-order valence-electron chi connectivity index (χ3n) is 3.33. The minimum absolute atomic E-state index is 0. The molecule has 0 aromatic carbocycles. The van der Waals surface area contributed by atoms with Gasteiger partial charge in [0.05, 0.1) is 31.3 Å². The zero-order valence-corrected chi connectivity index (χ0v) is 13.6. The molecule has 0 aromatic rings. The Morgan fingerprint density at radius 1 is 1.06 bits per heavy atom. The van der Waals surface area contributed by atoms with Crippen molar-refractivity contribution in [2.24, 2.45) is 0 Å². The summed E-state index contributed by atoms with van der Waals surface area (Å²) in [4.78, 5) is 11.2. The first-order chi connectivity index (χ1) is 7.14. The number of rotatable bonds is 8. The molecule has 0 amide bonds. The van der Waals surface area contributed by atoms with Crippen LogP contribution >= 0.6 is 7.26 Å². The maximum atomic E-state index is 11.2. The van der Waals surface area contributed by atoms with Crippen LogP contribution in [0.25, 0.3) is 0 Å². The van der Waals surface area contributed by atoms with Crippen LogP contribution in [0.1, 0.15) is 40.5 Å². The molecule has 0 aliphatic heterocycles. The zero-order valence-electron chi connectivity index (χ0n) is 11.1. The summed E-state index contributed by atoms with van der Waals surface area (Å²) >= 11 is 0. The van der Waals surface area contributed by atoms with Crippen LogP contribution in [0.2, 0.25) is 0 Å². The van der Waals surface area contributed by atoms with Gasteiger partial charge in [0.2, 0.25) is 0 Å². The van der Waals surface area contributed by atoms with Crippen molar-refractivity contribution in [1.29, 1.82) is 0 Å². The fourth-order valence-corrected chi connectivity index (χ4v) is 5.06. The monoisotopic (exact) mass is 312 g/mol. The molecular formula is C12H26BrO2P. The Hall–Kier alpha value is 0.380. The molecule has 0 atom stereocenters. The molecule has 0 N–H and O–H groups in total. The zero-order chi connectivity index (χ0) is 11.7. The van der Waals surface area contributed by atoms with Gasteiger partial charge < -0.3 is 21.7 Å². The fourth-order valence-electron chi connectivity index (χ4n) is 1.94. The number of hydrogen-bond donors (Lipinski definition) is 0. The molecule has 0 bridgehead atoms. The van der Waals surface area contributed by atoms with Crippen LogP contribution < -0.4 is 17.0 Å². The molecule has 0 spiro atoms. The quantitative estimate of drug-likeness (QED) is 0.479. The summed E-state index contributed by atoms with van der Waals surface area (Å²) in [5.74, 6) is -0.0288. The van der Waals surface area contributed by atoms with Gasteiger partial charge in [0.15, 0.2) is 0 Å². The molecule has 0 radical (unpaired) electrons. The molecule has 0 aliphatic rings. The summed E-state index contributed by atoms with van der Waals surface area (Å²) in [5, 5.41) is 0. The third kappa shape index (κ3) is 6.85. The van der Waals surface area contributed by atoms with Gasteiger partial charge in [0, 0.05) is 13.7 Å². The van der Waals surface area contributed by atoms with Gasteiger partial charge in [-0.15, -0.1) is 0 Å². The SMILES string of the molecule is CCOC(=O)CCC[P+](CC)(CC)CC.[Br-]. The highest BCUT2D eigenvalue weighted by Crippen LogP contribution is 2.58. The van der Waals surface area contributed by atoms with E-state index in [0.29, 0.717) is 13.0 Å². The van der Waals surface area contributed by atoms with E-state index in [1.165, 1.54) is 24.6 Å². The van der Waals surface area contributed by atoms with Crippen LogP contribution in [-0.2, 0) is 9.53 Å². The number of esters is 1. The molecule has 0 aliphatic carbocycles. The van der Waals surface area contributed by atoms with E-state index in [2.05, 4.69) is 20.8 Å². The molecule has 0 fully saturated rings. The van der Waals surface area contributed by atoms with Crippen molar-refractivity contribution >= 4 is 13.2 Å². The lowest BCUT2D eigenvalue weighted by molar-refractivity contribution is -0.143. The normalized spacial score (nSPS) is 10.8. The van der Waals surface area contributed by atoms with Gasteiger partial charge in [0.25, 0.3) is 0 Å². The summed E-state index contributed by atoms with van der Waals surface area (Å²) in [6.07, 6.45) is 6.85. The van der Waals surface area contributed by atoms with E-state index in [1.54, 1.807) is 0 Å². The summed E-state index contributed by atoms with van der Waals surface area (Å²) < 4.78 is 4.93. The van der Waals surface area contributed by atoms with Crippen LogP contribution in [0.15, 0.2) is 0 Å². The molecule has 0 heterocycles. The smallest absolute Gasteiger partial charge is 0.305 e. The Kier molecular flexibility index (Phi) is 12.3. The number of carbonyl (C=O) groups excluding carboxylic acids is 1. The van der Waals surface area contributed by atoms with Crippen LogP contribution in [0.3, 0.4) is 0 Å². The average molecular weight is 313 g/mol. The van der Waals surface area contributed by atoms with Crippen molar-refractivity contribution in [2.75, 3.05) is 31.3 Å². The van der Waals surface area contributed by atoms with E-state index in [0.717, 1.165) is 6.42 Å². The lowest BCUT2D eigenvalue weighted by Gasteiger charge is -2.23. The van der Waals surface area contributed by atoms with E-state index in [9.17, 15) is 4.79 Å². The highest BCUT2D eigenvalue weighted by molar-refractivity contribution is 7.75. The third-order valence-corrected chi connectivity index (χ3v) is 8.62. The van der Waals surface area contributed by atoms with Crippen molar-refractivity contribution in [2.45, 2.75) is 40.5 Å². The summed E-state index contributed by atoms with van der Waals surface area (Å²) in [6.45, 7) is 9.26. The van der Waals surface area contributed by atoms with Crippen molar-refractivity contribution in [3.8, 4) is 0 Å². The van der Waals surface area contributed by atoms with E-state index in [4.69, 9.17) is 4.74 Å². The van der Waals surface area contributed by atoms with Crippen LogP contribution in [0.4, 0.5) is 0 Å². The maximum Gasteiger partial charge on any atom is 0.305 e. The number of ether oxygens (including phenoxy) is 1. The molecule has 0 rings (SSSR count).